The average molecular weight is 235 g/mol. The summed E-state index contributed by atoms with van der Waals surface area (Å²) in [6, 6.07) is 6.03. The molecule has 0 aliphatic carbocycles. The summed E-state index contributed by atoms with van der Waals surface area (Å²) in [6.07, 6.45) is 4.58. The quantitative estimate of drug-likeness (QED) is 0.865. The predicted octanol–water partition coefficient (Wildman–Crippen LogP) is 3.07. The molecule has 0 atom stereocenters. The monoisotopic (exact) mass is 234 g/mol. The Morgan fingerprint density at radius 1 is 1.31 bits per heavy atom. The van der Waals surface area contributed by atoms with Gasteiger partial charge in [0.1, 0.15) is 0 Å². The van der Waals surface area contributed by atoms with Crippen LogP contribution in [0.5, 0.6) is 0 Å². The van der Waals surface area contributed by atoms with E-state index in [0.717, 1.165) is 11.4 Å². The number of H-pyrrole nitrogens is 1. The van der Waals surface area contributed by atoms with Crippen molar-refractivity contribution >= 4 is 22.5 Å². The summed E-state index contributed by atoms with van der Waals surface area (Å²) in [5.74, 6) is 0. The molecule has 1 aliphatic heterocycles. The fourth-order valence-corrected chi connectivity index (χ4v) is 2.41. The van der Waals surface area contributed by atoms with Gasteiger partial charge in [-0.3, -0.25) is 0 Å². The van der Waals surface area contributed by atoms with Gasteiger partial charge in [-0.05, 0) is 49.7 Å². The minimum Gasteiger partial charge on any atom is -0.361 e. The normalized spacial score (nSPS) is 16.6. The highest BCUT2D eigenvalue weighted by molar-refractivity contribution is 6.31. The average Bonchev–Trinajstić information content (AvgIpc) is 2.59. The molecule has 16 heavy (non-hydrogen) atoms. The lowest BCUT2D eigenvalue weighted by atomic mass is 10.1. The third-order valence-corrected chi connectivity index (χ3v) is 3.61. The Hall–Kier alpha value is -0.990. The van der Waals surface area contributed by atoms with Gasteiger partial charge in [0.2, 0.25) is 0 Å². The number of fused-ring (bicyclic) bond motifs is 1. The number of hydrogen-bond acceptors (Lipinski definition) is 1. The van der Waals surface area contributed by atoms with E-state index in [1.165, 1.54) is 42.5 Å². The Balaban J connectivity index is 1.82. The van der Waals surface area contributed by atoms with E-state index >= 15 is 0 Å². The maximum Gasteiger partial charge on any atom is 0.0457 e. The van der Waals surface area contributed by atoms with Crippen LogP contribution >= 0.6 is 11.6 Å². The van der Waals surface area contributed by atoms with Gasteiger partial charge < -0.3 is 9.88 Å². The topological polar surface area (TPSA) is 19.0 Å². The highest BCUT2D eigenvalue weighted by Gasteiger charge is 2.13. The first kappa shape index (κ1) is 10.2. The maximum atomic E-state index is 6.02. The molecule has 2 aromatic rings. The molecule has 3 heteroatoms. The summed E-state index contributed by atoms with van der Waals surface area (Å²) >= 11 is 6.02. The number of benzene rings is 1. The number of aromatic nitrogens is 1. The molecule has 1 saturated heterocycles. The molecule has 0 saturated carbocycles. The van der Waals surface area contributed by atoms with Crippen LogP contribution in [0.3, 0.4) is 0 Å². The van der Waals surface area contributed by atoms with E-state index in [0.29, 0.717) is 0 Å². The number of aromatic amines is 1. The fraction of sp³-hybridized carbons (Fsp3) is 0.385. The van der Waals surface area contributed by atoms with Crippen molar-refractivity contribution in [3.05, 3.63) is 35.0 Å². The molecule has 1 aliphatic rings. The molecule has 84 valence electrons. The Labute approximate surface area is 100 Å². The Morgan fingerprint density at radius 2 is 2.19 bits per heavy atom. The molecule has 0 unspecified atom stereocenters. The molecule has 0 radical (unpaired) electrons. The first-order chi connectivity index (χ1) is 7.83. The van der Waals surface area contributed by atoms with Crippen molar-refractivity contribution in [2.24, 2.45) is 0 Å². The van der Waals surface area contributed by atoms with Crippen molar-refractivity contribution in [3.63, 3.8) is 0 Å². The van der Waals surface area contributed by atoms with Crippen LogP contribution in [0.4, 0.5) is 0 Å². The molecule has 1 fully saturated rings. The van der Waals surface area contributed by atoms with Crippen LogP contribution in [0.1, 0.15) is 12.0 Å². The summed E-state index contributed by atoms with van der Waals surface area (Å²) in [7, 11) is 0. The second-order valence-corrected chi connectivity index (χ2v) is 4.89. The zero-order valence-electron chi connectivity index (χ0n) is 9.17. The number of halogens is 1. The summed E-state index contributed by atoms with van der Waals surface area (Å²) in [5, 5.41) is 2.09. The first-order valence-corrected chi connectivity index (χ1v) is 6.18. The van der Waals surface area contributed by atoms with Gasteiger partial charge in [0, 0.05) is 28.7 Å². The minimum absolute atomic E-state index is 0.817. The first-order valence-electron chi connectivity index (χ1n) is 5.81. The molecule has 1 aromatic heterocycles. The van der Waals surface area contributed by atoms with E-state index in [2.05, 4.69) is 22.1 Å². The Kier molecular flexibility index (Phi) is 2.62. The summed E-state index contributed by atoms with van der Waals surface area (Å²) < 4.78 is 0. The molecule has 0 amide bonds. The highest BCUT2D eigenvalue weighted by Crippen LogP contribution is 2.23. The Morgan fingerprint density at radius 3 is 2.94 bits per heavy atom. The van der Waals surface area contributed by atoms with Crippen molar-refractivity contribution in [1.82, 2.24) is 9.88 Å². The molecule has 2 nitrogen and oxygen atoms in total. The van der Waals surface area contributed by atoms with Crippen LogP contribution in [0.2, 0.25) is 5.02 Å². The van der Waals surface area contributed by atoms with Crippen molar-refractivity contribution in [2.45, 2.75) is 12.8 Å². The molecule has 0 spiro atoms. The van der Waals surface area contributed by atoms with Gasteiger partial charge in [-0.25, -0.2) is 0 Å². The largest absolute Gasteiger partial charge is 0.361 e. The van der Waals surface area contributed by atoms with Crippen LogP contribution in [-0.2, 0) is 6.42 Å². The molecule has 1 aromatic carbocycles. The van der Waals surface area contributed by atoms with Crippen LogP contribution < -0.4 is 0 Å². The number of nitrogens with one attached hydrogen (secondary N) is 1. The Bertz CT molecular complexity index is 500. The lowest BCUT2D eigenvalue weighted by molar-refractivity contribution is 0.184. The van der Waals surface area contributed by atoms with E-state index in [-0.39, 0.29) is 0 Å². The third-order valence-electron chi connectivity index (χ3n) is 3.38. The fourth-order valence-electron chi connectivity index (χ4n) is 2.24. The van der Waals surface area contributed by atoms with Crippen LogP contribution in [-0.4, -0.2) is 29.5 Å². The van der Waals surface area contributed by atoms with Crippen LogP contribution in [0, 0.1) is 0 Å². The summed E-state index contributed by atoms with van der Waals surface area (Å²) in [4.78, 5) is 5.79. The molecule has 1 N–H and O–H groups in total. The molecular formula is C13H15ClN2. The van der Waals surface area contributed by atoms with Crippen LogP contribution in [0.25, 0.3) is 10.9 Å². The second-order valence-electron chi connectivity index (χ2n) is 4.45. The van der Waals surface area contributed by atoms with E-state index in [1.54, 1.807) is 0 Å². The molecular weight excluding hydrogens is 220 g/mol. The predicted molar refractivity (Wildman–Crippen MR) is 68.1 cm³/mol. The van der Waals surface area contributed by atoms with E-state index < -0.39 is 0 Å². The second kappa shape index (κ2) is 4.11. The van der Waals surface area contributed by atoms with Gasteiger partial charge in [0.05, 0.1) is 0 Å². The lowest BCUT2D eigenvalue weighted by Crippen LogP contribution is -2.38. The van der Waals surface area contributed by atoms with Crippen molar-refractivity contribution in [2.75, 3.05) is 19.6 Å². The van der Waals surface area contributed by atoms with Crippen molar-refractivity contribution < 1.29 is 0 Å². The standard InChI is InChI=1S/C13H15ClN2/c14-11-2-3-13-12(8-11)10(9-15-13)4-7-16-5-1-6-16/h2-3,8-9,15H,1,4-7H2. The van der Waals surface area contributed by atoms with E-state index in [9.17, 15) is 0 Å². The smallest absolute Gasteiger partial charge is 0.0457 e. The zero-order valence-corrected chi connectivity index (χ0v) is 9.93. The summed E-state index contributed by atoms with van der Waals surface area (Å²) in [5.41, 5.74) is 2.56. The number of likely N-dealkylation sites (tertiary alicyclic amines) is 1. The third kappa shape index (κ3) is 1.83. The zero-order chi connectivity index (χ0) is 11.0. The van der Waals surface area contributed by atoms with Gasteiger partial charge in [0.15, 0.2) is 0 Å². The molecule has 2 heterocycles. The van der Waals surface area contributed by atoms with Crippen molar-refractivity contribution in [1.29, 1.82) is 0 Å². The number of nitrogens with zero attached hydrogens (tertiary/aromatic N) is 1. The van der Waals surface area contributed by atoms with Crippen LogP contribution in [0.15, 0.2) is 24.4 Å². The number of rotatable bonds is 3. The molecule has 3 rings (SSSR count). The number of hydrogen-bond donors (Lipinski definition) is 1. The van der Waals surface area contributed by atoms with Gasteiger partial charge >= 0.3 is 0 Å². The molecule has 0 bridgehead atoms. The van der Waals surface area contributed by atoms with Gasteiger partial charge in [-0.2, -0.15) is 0 Å². The highest BCUT2D eigenvalue weighted by atomic mass is 35.5. The SMILES string of the molecule is Clc1ccc2[nH]cc(CCN3CCC3)c2c1. The van der Waals surface area contributed by atoms with Gasteiger partial charge in [0.25, 0.3) is 0 Å². The maximum absolute atomic E-state index is 6.02. The minimum atomic E-state index is 0.817. The van der Waals surface area contributed by atoms with E-state index in [1.807, 2.05) is 12.1 Å². The van der Waals surface area contributed by atoms with Gasteiger partial charge in [-0.15, -0.1) is 0 Å². The lowest BCUT2D eigenvalue weighted by Gasteiger charge is -2.30. The summed E-state index contributed by atoms with van der Waals surface area (Å²) in [6.45, 7) is 3.70. The van der Waals surface area contributed by atoms with Crippen molar-refractivity contribution in [3.8, 4) is 0 Å². The van der Waals surface area contributed by atoms with E-state index in [4.69, 9.17) is 11.6 Å². The van der Waals surface area contributed by atoms with Gasteiger partial charge in [-0.1, -0.05) is 11.6 Å².